The van der Waals surface area contributed by atoms with E-state index < -0.39 is 5.25 Å². The number of aliphatic imine (C=N–C) groups is 1. The van der Waals surface area contributed by atoms with Crippen LogP contribution in [0.1, 0.15) is 62.4 Å². The van der Waals surface area contributed by atoms with Crippen molar-refractivity contribution in [2.75, 3.05) is 23.7 Å². The van der Waals surface area contributed by atoms with Gasteiger partial charge in [-0.1, -0.05) is 44.7 Å². The minimum Gasteiger partial charge on any atom is -0.351 e. The molecule has 0 bridgehead atoms. The molecule has 1 saturated heterocycles. The quantitative estimate of drug-likeness (QED) is 0.610. The van der Waals surface area contributed by atoms with Crippen molar-refractivity contribution >= 4 is 46.0 Å². The lowest BCUT2D eigenvalue weighted by molar-refractivity contribution is -0.121. The first-order valence-corrected chi connectivity index (χ1v) is 12.9. The van der Waals surface area contributed by atoms with Gasteiger partial charge in [-0.2, -0.15) is 4.99 Å². The fraction of sp³-hybridized carbons (Fsp3) is 0.407. The van der Waals surface area contributed by atoms with Crippen molar-refractivity contribution in [1.29, 1.82) is 0 Å². The number of carbonyl (C=O) groups excluding carboxylic acids is 3. The summed E-state index contributed by atoms with van der Waals surface area (Å²) in [5, 5.41) is 5.98. The topological polar surface area (TPSA) is 90.9 Å². The second kappa shape index (κ2) is 10.6. The molecule has 4 rings (SSSR count). The molecule has 0 radical (unpaired) electrons. The van der Waals surface area contributed by atoms with Crippen LogP contribution in [0.25, 0.3) is 0 Å². The van der Waals surface area contributed by atoms with Crippen LogP contribution in [0.2, 0.25) is 0 Å². The van der Waals surface area contributed by atoms with Crippen molar-refractivity contribution in [3.63, 3.8) is 0 Å². The van der Waals surface area contributed by atoms with E-state index in [0.717, 1.165) is 36.8 Å². The fourth-order valence-electron chi connectivity index (χ4n) is 4.07. The van der Waals surface area contributed by atoms with E-state index in [1.165, 1.54) is 23.7 Å². The maximum Gasteiger partial charge on any atom is 0.262 e. The van der Waals surface area contributed by atoms with Crippen LogP contribution >= 0.6 is 11.8 Å². The molecule has 35 heavy (non-hydrogen) atoms. The normalized spacial score (nSPS) is 18.3. The number of nitrogens with one attached hydrogen (secondary N) is 2. The highest BCUT2D eigenvalue weighted by molar-refractivity contribution is 8.15. The standard InChI is InChI=1S/C27H32N4O3S/c1-27(2,3)19-9-13-21(14-10-19)29-24(33)18-7-11-20(12-8-18)28-23(32)17-22-25(34)30-26(35-22)31-15-5-4-6-16-31/h7-14,22H,4-6,15-17H2,1-3H3,(H,28,32)(H,29,33)/t22-/m0/s1. The van der Waals surface area contributed by atoms with Gasteiger partial charge in [-0.15, -0.1) is 0 Å². The zero-order valence-electron chi connectivity index (χ0n) is 20.5. The average molecular weight is 493 g/mol. The molecule has 8 heteroatoms. The second-order valence-corrected chi connectivity index (χ2v) is 11.2. The Morgan fingerprint density at radius 3 is 2.17 bits per heavy atom. The van der Waals surface area contributed by atoms with Gasteiger partial charge in [0.1, 0.15) is 5.25 Å². The fourth-order valence-corrected chi connectivity index (χ4v) is 5.19. The van der Waals surface area contributed by atoms with Gasteiger partial charge < -0.3 is 15.5 Å². The average Bonchev–Trinajstić information content (AvgIpc) is 3.19. The van der Waals surface area contributed by atoms with E-state index in [9.17, 15) is 14.4 Å². The number of benzene rings is 2. The van der Waals surface area contributed by atoms with Gasteiger partial charge in [-0.25, -0.2) is 0 Å². The minimum absolute atomic E-state index is 0.0508. The van der Waals surface area contributed by atoms with Gasteiger partial charge in [-0.05, 0) is 66.6 Å². The number of hydrogen-bond acceptors (Lipinski definition) is 5. The zero-order chi connectivity index (χ0) is 25.0. The van der Waals surface area contributed by atoms with Crippen molar-refractivity contribution < 1.29 is 14.4 Å². The number of piperidine rings is 1. The van der Waals surface area contributed by atoms with E-state index in [4.69, 9.17) is 0 Å². The Morgan fingerprint density at radius 1 is 0.943 bits per heavy atom. The molecule has 0 unspecified atom stereocenters. The first-order chi connectivity index (χ1) is 16.7. The monoisotopic (exact) mass is 492 g/mol. The SMILES string of the molecule is CC(C)(C)c1ccc(NC(=O)c2ccc(NC(=O)C[C@@H]3SC(N4CCCCC4)=NC3=O)cc2)cc1. The largest absolute Gasteiger partial charge is 0.351 e. The van der Waals surface area contributed by atoms with E-state index in [-0.39, 0.29) is 29.6 Å². The molecule has 184 valence electrons. The van der Waals surface area contributed by atoms with E-state index in [1.807, 2.05) is 24.3 Å². The van der Waals surface area contributed by atoms with Gasteiger partial charge >= 0.3 is 0 Å². The molecule has 0 saturated carbocycles. The van der Waals surface area contributed by atoms with Crippen LogP contribution in [-0.4, -0.2) is 46.1 Å². The molecule has 2 aromatic rings. The molecule has 0 aromatic heterocycles. The number of thioether (sulfide) groups is 1. The molecule has 2 aromatic carbocycles. The van der Waals surface area contributed by atoms with Gasteiger partial charge in [0.2, 0.25) is 5.91 Å². The highest BCUT2D eigenvalue weighted by Crippen LogP contribution is 2.29. The first kappa shape index (κ1) is 25.0. The molecule has 3 amide bonds. The predicted octanol–water partition coefficient (Wildman–Crippen LogP) is 5.05. The highest BCUT2D eigenvalue weighted by Gasteiger charge is 2.33. The van der Waals surface area contributed by atoms with Crippen molar-refractivity contribution in [2.45, 2.75) is 57.1 Å². The maximum atomic E-state index is 12.6. The van der Waals surface area contributed by atoms with E-state index >= 15 is 0 Å². The third-order valence-electron chi connectivity index (χ3n) is 6.17. The van der Waals surface area contributed by atoms with E-state index in [0.29, 0.717) is 11.3 Å². The van der Waals surface area contributed by atoms with Gasteiger partial charge in [0, 0.05) is 36.4 Å². The molecule has 7 nitrogen and oxygen atoms in total. The molecule has 2 heterocycles. The molecule has 2 aliphatic heterocycles. The first-order valence-electron chi connectivity index (χ1n) is 12.0. The van der Waals surface area contributed by atoms with Crippen LogP contribution in [-0.2, 0) is 15.0 Å². The smallest absolute Gasteiger partial charge is 0.262 e. The number of carbonyl (C=O) groups is 3. The van der Waals surface area contributed by atoms with Crippen LogP contribution < -0.4 is 10.6 Å². The lowest BCUT2D eigenvalue weighted by atomic mass is 9.87. The molecular formula is C27H32N4O3S. The Kier molecular flexibility index (Phi) is 7.60. The number of rotatable bonds is 5. The Morgan fingerprint density at radius 2 is 1.54 bits per heavy atom. The summed E-state index contributed by atoms with van der Waals surface area (Å²) in [5.74, 6) is -0.711. The number of amidine groups is 1. The molecule has 1 fully saturated rings. The Hall–Kier alpha value is -3.13. The van der Waals surface area contributed by atoms with Crippen molar-refractivity contribution in [2.24, 2.45) is 4.99 Å². The Bertz CT molecular complexity index is 1110. The van der Waals surface area contributed by atoms with Gasteiger partial charge in [0.15, 0.2) is 5.17 Å². The summed E-state index contributed by atoms with van der Waals surface area (Å²) >= 11 is 1.39. The summed E-state index contributed by atoms with van der Waals surface area (Å²) < 4.78 is 0. The van der Waals surface area contributed by atoms with Gasteiger partial charge in [0.25, 0.3) is 11.8 Å². The van der Waals surface area contributed by atoms with E-state index in [2.05, 4.69) is 41.3 Å². The lowest BCUT2D eigenvalue weighted by Gasteiger charge is -2.27. The third kappa shape index (κ3) is 6.51. The number of amides is 3. The van der Waals surface area contributed by atoms with Gasteiger partial charge in [0.05, 0.1) is 0 Å². The summed E-state index contributed by atoms with van der Waals surface area (Å²) in [7, 11) is 0. The van der Waals surface area contributed by atoms with E-state index in [1.54, 1.807) is 24.3 Å². The number of likely N-dealkylation sites (tertiary alicyclic amines) is 1. The summed E-state index contributed by atoms with van der Waals surface area (Å²) in [6.45, 7) is 8.27. The highest BCUT2D eigenvalue weighted by atomic mass is 32.2. The molecule has 2 N–H and O–H groups in total. The van der Waals surface area contributed by atoms with Crippen LogP contribution in [0.15, 0.2) is 53.5 Å². The predicted molar refractivity (Wildman–Crippen MR) is 142 cm³/mol. The number of hydrogen-bond donors (Lipinski definition) is 2. The minimum atomic E-state index is -0.485. The summed E-state index contributed by atoms with van der Waals surface area (Å²) in [5.41, 5.74) is 3.04. The van der Waals surface area contributed by atoms with Crippen LogP contribution in [0.4, 0.5) is 11.4 Å². The van der Waals surface area contributed by atoms with Crippen molar-refractivity contribution in [3.05, 3.63) is 59.7 Å². The number of nitrogens with zero attached hydrogens (tertiary/aromatic N) is 2. The second-order valence-electron chi connectivity index (χ2n) is 10.00. The van der Waals surface area contributed by atoms with Crippen molar-refractivity contribution in [1.82, 2.24) is 4.90 Å². The summed E-state index contributed by atoms with van der Waals surface area (Å²) in [6.07, 6.45) is 3.49. The Labute approximate surface area is 210 Å². The van der Waals surface area contributed by atoms with Crippen LogP contribution in [0.3, 0.4) is 0 Å². The lowest BCUT2D eigenvalue weighted by Crippen LogP contribution is -2.33. The van der Waals surface area contributed by atoms with Crippen LogP contribution in [0.5, 0.6) is 0 Å². The molecule has 1 atom stereocenters. The third-order valence-corrected chi connectivity index (χ3v) is 7.38. The summed E-state index contributed by atoms with van der Waals surface area (Å²) in [4.78, 5) is 43.8. The summed E-state index contributed by atoms with van der Waals surface area (Å²) in [6, 6.07) is 14.5. The molecule has 0 spiro atoms. The Balaban J connectivity index is 1.27. The van der Waals surface area contributed by atoms with Crippen molar-refractivity contribution in [3.8, 4) is 0 Å². The maximum absolute atomic E-state index is 12.6. The zero-order valence-corrected chi connectivity index (χ0v) is 21.3. The molecular weight excluding hydrogens is 460 g/mol. The van der Waals surface area contributed by atoms with Gasteiger partial charge in [-0.3, -0.25) is 14.4 Å². The number of anilines is 2. The molecule has 0 aliphatic carbocycles. The molecule has 2 aliphatic rings. The van der Waals surface area contributed by atoms with Crippen LogP contribution in [0, 0.1) is 0 Å².